The van der Waals surface area contributed by atoms with E-state index in [0.717, 1.165) is 6.42 Å². The Balaban J connectivity index is 1.80. The van der Waals surface area contributed by atoms with E-state index in [4.69, 9.17) is 0 Å². The third-order valence-corrected chi connectivity index (χ3v) is 6.14. The predicted octanol–water partition coefficient (Wildman–Crippen LogP) is 1.99. The molecule has 0 unspecified atom stereocenters. The fraction of sp³-hybridized carbons (Fsp3) is 0.588. The van der Waals surface area contributed by atoms with E-state index >= 15 is 0 Å². The van der Waals surface area contributed by atoms with Gasteiger partial charge in [-0.3, -0.25) is 0 Å². The number of amides is 2. The minimum absolute atomic E-state index is 0.0536. The molecule has 23 heavy (non-hydrogen) atoms. The monoisotopic (exact) mass is 338 g/mol. The number of hydrogen-bond donors (Lipinski definition) is 2. The van der Waals surface area contributed by atoms with E-state index in [9.17, 15) is 13.2 Å². The highest BCUT2D eigenvalue weighted by Crippen LogP contribution is 2.16. The van der Waals surface area contributed by atoms with Crippen molar-refractivity contribution >= 4 is 15.9 Å². The number of benzene rings is 1. The lowest BCUT2D eigenvalue weighted by Gasteiger charge is -2.22. The number of carbonyl (C=O) groups is 1. The second-order valence-electron chi connectivity index (χ2n) is 6.65. The molecule has 2 rings (SSSR count). The first-order valence-electron chi connectivity index (χ1n) is 8.14. The Bertz CT molecular complexity index is 614. The molecule has 1 aliphatic heterocycles. The molecule has 2 amide bonds. The zero-order valence-corrected chi connectivity index (χ0v) is 14.6. The summed E-state index contributed by atoms with van der Waals surface area (Å²) >= 11 is 0. The zero-order chi connectivity index (χ0) is 16.9. The first-order chi connectivity index (χ1) is 10.9. The van der Waals surface area contributed by atoms with Crippen LogP contribution in [-0.4, -0.2) is 38.5 Å². The minimum Gasteiger partial charge on any atom is -0.338 e. The van der Waals surface area contributed by atoms with Crippen LogP contribution in [0.2, 0.25) is 0 Å². The number of sulfone groups is 1. The van der Waals surface area contributed by atoms with Gasteiger partial charge in [-0.05, 0) is 30.2 Å². The van der Waals surface area contributed by atoms with Crippen LogP contribution in [0.4, 0.5) is 4.79 Å². The van der Waals surface area contributed by atoms with Gasteiger partial charge in [0.05, 0.1) is 11.5 Å². The van der Waals surface area contributed by atoms with E-state index in [2.05, 4.69) is 36.6 Å². The van der Waals surface area contributed by atoms with Crippen LogP contribution in [0.25, 0.3) is 0 Å². The molecule has 1 fully saturated rings. The first-order valence-corrected chi connectivity index (χ1v) is 9.96. The topological polar surface area (TPSA) is 75.3 Å². The molecule has 1 heterocycles. The van der Waals surface area contributed by atoms with Crippen molar-refractivity contribution in [3.8, 4) is 0 Å². The van der Waals surface area contributed by atoms with Gasteiger partial charge in [-0.1, -0.05) is 44.2 Å². The summed E-state index contributed by atoms with van der Waals surface area (Å²) < 4.78 is 22.8. The van der Waals surface area contributed by atoms with E-state index in [1.807, 2.05) is 18.2 Å². The summed E-state index contributed by atoms with van der Waals surface area (Å²) in [5.41, 5.74) is 1.26. The van der Waals surface area contributed by atoms with E-state index in [0.29, 0.717) is 24.8 Å². The second-order valence-corrected chi connectivity index (χ2v) is 8.88. The first kappa shape index (κ1) is 17.8. The van der Waals surface area contributed by atoms with Gasteiger partial charge in [0.2, 0.25) is 0 Å². The Labute approximate surface area is 138 Å². The van der Waals surface area contributed by atoms with Gasteiger partial charge < -0.3 is 10.6 Å². The molecule has 1 aliphatic rings. The number of urea groups is 1. The van der Waals surface area contributed by atoms with Crippen LogP contribution in [0.3, 0.4) is 0 Å². The molecule has 0 saturated carbocycles. The lowest BCUT2D eigenvalue weighted by atomic mass is 9.89. The summed E-state index contributed by atoms with van der Waals surface area (Å²) in [7, 11) is -2.97. The van der Waals surface area contributed by atoms with Crippen molar-refractivity contribution in [2.45, 2.75) is 32.7 Å². The maximum Gasteiger partial charge on any atom is 0.315 e. The van der Waals surface area contributed by atoms with Crippen molar-refractivity contribution in [2.75, 3.05) is 18.1 Å². The molecule has 6 heteroatoms. The summed E-state index contributed by atoms with van der Waals surface area (Å²) in [5.74, 6) is 1.01. The molecule has 0 radical (unpaired) electrons. The van der Waals surface area contributed by atoms with Crippen molar-refractivity contribution in [2.24, 2.45) is 11.8 Å². The lowest BCUT2D eigenvalue weighted by Crippen LogP contribution is -2.44. The minimum atomic E-state index is -2.97. The number of hydrogen-bond acceptors (Lipinski definition) is 3. The molecule has 2 atom stereocenters. The molecule has 128 valence electrons. The van der Waals surface area contributed by atoms with E-state index < -0.39 is 9.84 Å². The maximum absolute atomic E-state index is 12.0. The molecule has 1 saturated heterocycles. The van der Waals surface area contributed by atoms with Gasteiger partial charge in [-0.15, -0.1) is 0 Å². The molecule has 0 bridgehead atoms. The normalized spacial score (nSPS) is 21.1. The summed E-state index contributed by atoms with van der Waals surface area (Å²) in [5, 5.41) is 5.66. The van der Waals surface area contributed by atoms with Gasteiger partial charge in [0.25, 0.3) is 0 Å². The van der Waals surface area contributed by atoms with E-state index in [1.165, 1.54) is 5.56 Å². The quantitative estimate of drug-likeness (QED) is 0.833. The average Bonchev–Trinajstić information content (AvgIpc) is 2.83. The van der Waals surface area contributed by atoms with Gasteiger partial charge in [0.1, 0.15) is 0 Å². The van der Waals surface area contributed by atoms with Crippen molar-refractivity contribution in [3.63, 3.8) is 0 Å². The molecule has 0 aromatic heterocycles. The van der Waals surface area contributed by atoms with Crippen molar-refractivity contribution in [1.29, 1.82) is 0 Å². The van der Waals surface area contributed by atoms with Crippen LogP contribution >= 0.6 is 0 Å². The predicted molar refractivity (Wildman–Crippen MR) is 92.1 cm³/mol. The van der Waals surface area contributed by atoms with Gasteiger partial charge in [-0.25, -0.2) is 13.2 Å². The van der Waals surface area contributed by atoms with Crippen LogP contribution in [0.5, 0.6) is 0 Å². The zero-order valence-electron chi connectivity index (χ0n) is 13.8. The molecule has 0 aliphatic carbocycles. The third-order valence-electron chi connectivity index (χ3n) is 4.38. The second kappa shape index (κ2) is 7.81. The standard InChI is InChI=1S/C17H26N2O3S/c1-13(2)15(10-14-6-4-3-5-7-14)11-18-17(20)19-16-8-9-23(21,22)12-16/h3-7,13,15-16H,8-12H2,1-2H3,(H2,18,19,20)/t15-,16+/m1/s1. The fourth-order valence-electron chi connectivity index (χ4n) is 2.83. The van der Waals surface area contributed by atoms with Crippen LogP contribution in [0, 0.1) is 11.8 Å². The number of carbonyl (C=O) groups excluding carboxylic acids is 1. The van der Waals surface area contributed by atoms with Gasteiger partial charge in [-0.2, -0.15) is 0 Å². The Morgan fingerprint density at radius 1 is 1.26 bits per heavy atom. The Morgan fingerprint density at radius 2 is 1.96 bits per heavy atom. The highest BCUT2D eigenvalue weighted by molar-refractivity contribution is 7.91. The van der Waals surface area contributed by atoms with E-state index in [1.54, 1.807) is 0 Å². The van der Waals surface area contributed by atoms with Crippen LogP contribution in [-0.2, 0) is 16.3 Å². The van der Waals surface area contributed by atoms with Crippen molar-refractivity contribution in [1.82, 2.24) is 10.6 Å². The Morgan fingerprint density at radius 3 is 2.52 bits per heavy atom. The Hall–Kier alpha value is -1.56. The third kappa shape index (κ3) is 5.86. The average molecular weight is 338 g/mol. The molecule has 5 nitrogen and oxygen atoms in total. The molecule has 0 spiro atoms. The van der Waals surface area contributed by atoms with Gasteiger partial charge in [0, 0.05) is 12.6 Å². The summed E-state index contributed by atoms with van der Waals surface area (Å²) in [6.07, 6.45) is 1.42. The molecule has 1 aromatic carbocycles. The number of rotatable bonds is 6. The van der Waals surface area contributed by atoms with Crippen LogP contribution < -0.4 is 10.6 Å². The van der Waals surface area contributed by atoms with Gasteiger partial charge in [0.15, 0.2) is 9.84 Å². The highest BCUT2D eigenvalue weighted by atomic mass is 32.2. The summed E-state index contributed by atoms with van der Waals surface area (Å²) in [6.45, 7) is 4.88. The van der Waals surface area contributed by atoms with Crippen LogP contribution in [0.1, 0.15) is 25.8 Å². The smallest absolute Gasteiger partial charge is 0.315 e. The largest absolute Gasteiger partial charge is 0.338 e. The van der Waals surface area contributed by atoms with Crippen LogP contribution in [0.15, 0.2) is 30.3 Å². The summed E-state index contributed by atoms with van der Waals surface area (Å²) in [4.78, 5) is 12.0. The van der Waals surface area contributed by atoms with Gasteiger partial charge >= 0.3 is 6.03 Å². The van der Waals surface area contributed by atoms with E-state index in [-0.39, 0.29) is 23.6 Å². The van der Waals surface area contributed by atoms with Crippen molar-refractivity contribution < 1.29 is 13.2 Å². The maximum atomic E-state index is 12.0. The Kier molecular flexibility index (Phi) is 6.04. The molecular weight excluding hydrogens is 312 g/mol. The molecule has 1 aromatic rings. The number of nitrogens with one attached hydrogen (secondary N) is 2. The fourth-order valence-corrected chi connectivity index (χ4v) is 4.50. The highest BCUT2D eigenvalue weighted by Gasteiger charge is 2.29. The SMILES string of the molecule is CC(C)[C@@H](CNC(=O)N[C@H]1CCS(=O)(=O)C1)Cc1ccccc1. The lowest BCUT2D eigenvalue weighted by molar-refractivity contribution is 0.233. The summed E-state index contributed by atoms with van der Waals surface area (Å²) in [6, 6.07) is 9.70. The molecule has 2 N–H and O–H groups in total. The van der Waals surface area contributed by atoms with Crippen molar-refractivity contribution in [3.05, 3.63) is 35.9 Å². The molecular formula is C17H26N2O3S.